The molecule has 3 saturated heterocycles. The molecule has 3 aliphatic heterocycles. The highest BCUT2D eigenvalue weighted by atomic mass is 19.1. The third kappa shape index (κ3) is 4.13. The first-order valence-electron chi connectivity index (χ1n) is 13.5. The second-order valence-corrected chi connectivity index (χ2v) is 11.2. The van der Waals surface area contributed by atoms with Crippen molar-refractivity contribution in [3.05, 3.63) is 48.2 Å². The lowest BCUT2D eigenvalue weighted by molar-refractivity contribution is 0.0159. The van der Waals surface area contributed by atoms with E-state index in [4.69, 9.17) is 9.72 Å². The normalized spacial score (nSPS) is 24.9. The number of likely N-dealkylation sites (N-methyl/N-ethyl adjacent to an activating group) is 1. The molecule has 39 heavy (non-hydrogen) atoms. The number of halogens is 2. The van der Waals surface area contributed by atoms with Gasteiger partial charge in [-0.3, -0.25) is 9.88 Å². The highest BCUT2D eigenvalue weighted by Gasteiger charge is 2.35. The van der Waals surface area contributed by atoms with Crippen LogP contribution in [0.4, 0.5) is 14.6 Å². The Morgan fingerprint density at radius 1 is 1.10 bits per heavy atom. The maximum absolute atomic E-state index is 16.4. The molecule has 2 unspecified atom stereocenters. The molecule has 0 amide bonds. The summed E-state index contributed by atoms with van der Waals surface area (Å²) in [4.78, 5) is 18.1. The van der Waals surface area contributed by atoms with Crippen LogP contribution in [0.1, 0.15) is 19.8 Å². The fourth-order valence-electron chi connectivity index (χ4n) is 6.50. The molecule has 2 aromatic heterocycles. The topological polar surface area (TPSA) is 86.6 Å². The minimum Gasteiger partial charge on any atom is -0.508 e. The molecule has 202 valence electrons. The van der Waals surface area contributed by atoms with Gasteiger partial charge in [0.2, 0.25) is 0 Å². The Hall–Kier alpha value is -3.63. The van der Waals surface area contributed by atoms with E-state index < -0.39 is 11.6 Å². The van der Waals surface area contributed by atoms with E-state index in [9.17, 15) is 9.50 Å². The molecule has 0 radical (unpaired) electrons. The van der Waals surface area contributed by atoms with Crippen molar-refractivity contribution in [2.45, 2.75) is 37.9 Å². The summed E-state index contributed by atoms with van der Waals surface area (Å²) in [7, 11) is 2.05. The third-order valence-electron chi connectivity index (χ3n) is 8.51. The van der Waals surface area contributed by atoms with Gasteiger partial charge in [-0.25, -0.2) is 8.78 Å². The van der Waals surface area contributed by atoms with Crippen molar-refractivity contribution in [1.29, 1.82) is 0 Å². The van der Waals surface area contributed by atoms with Crippen LogP contribution in [0, 0.1) is 17.6 Å². The number of rotatable bonds is 5. The maximum atomic E-state index is 16.4. The van der Waals surface area contributed by atoms with Gasteiger partial charge in [0.15, 0.2) is 5.82 Å². The number of fused-ring (bicyclic) bond motifs is 4. The molecule has 4 aromatic rings. The van der Waals surface area contributed by atoms with E-state index in [1.165, 1.54) is 18.2 Å². The zero-order chi connectivity index (χ0) is 26.8. The number of phenolic OH excluding ortho intramolecular Hbond substituents is 1. The second-order valence-electron chi connectivity index (χ2n) is 11.2. The van der Waals surface area contributed by atoms with Crippen molar-refractivity contribution in [3.8, 4) is 23.0 Å². The molecule has 2 N–H and O–H groups in total. The average molecular weight is 533 g/mol. The number of benzene rings is 2. The van der Waals surface area contributed by atoms with Gasteiger partial charge in [-0.15, -0.1) is 0 Å². The summed E-state index contributed by atoms with van der Waals surface area (Å²) in [6, 6.07) is 8.36. The highest BCUT2D eigenvalue weighted by Crippen LogP contribution is 2.38. The lowest BCUT2D eigenvalue weighted by Crippen LogP contribution is -2.55. The van der Waals surface area contributed by atoms with E-state index >= 15 is 4.39 Å². The number of phenols is 1. The van der Waals surface area contributed by atoms with Gasteiger partial charge in [0.1, 0.15) is 35.2 Å². The number of piperazine rings is 1. The van der Waals surface area contributed by atoms with Gasteiger partial charge in [0.25, 0.3) is 0 Å². The lowest BCUT2D eigenvalue weighted by Gasteiger charge is -2.43. The zero-order valence-electron chi connectivity index (χ0n) is 21.9. The SMILES string of the molecule is C[C@@H]1CN(C)[C@@H]1COc1nc(N2CC3CCC(C2)N3)c2cnc(-c3cc(O)cc4cccc(F)c34)c(F)c2n1. The van der Waals surface area contributed by atoms with Gasteiger partial charge in [-0.2, -0.15) is 9.97 Å². The van der Waals surface area contributed by atoms with Crippen LogP contribution in [-0.2, 0) is 0 Å². The molecule has 2 bridgehead atoms. The van der Waals surface area contributed by atoms with Gasteiger partial charge in [0.05, 0.1) is 5.39 Å². The Morgan fingerprint density at radius 2 is 1.90 bits per heavy atom. The molecular weight excluding hydrogens is 502 g/mol. The molecule has 0 saturated carbocycles. The minimum absolute atomic E-state index is 0.0636. The molecule has 3 aliphatic rings. The number of likely N-dealkylation sites (tertiary alicyclic amines) is 1. The number of hydrogen-bond acceptors (Lipinski definition) is 8. The average Bonchev–Trinajstić information content (AvgIpc) is 3.25. The van der Waals surface area contributed by atoms with E-state index in [1.54, 1.807) is 18.3 Å². The fourth-order valence-corrected chi connectivity index (χ4v) is 6.50. The predicted molar refractivity (Wildman–Crippen MR) is 145 cm³/mol. The summed E-state index contributed by atoms with van der Waals surface area (Å²) in [6.45, 7) is 5.07. The number of aromatic nitrogens is 3. The molecule has 4 atom stereocenters. The standard InChI is InChI=1S/C29H30F2N6O2/c1-15-11-36(2)23(15)14-39-29-34-27-21(28(35-29)37-12-17-6-7-18(13-37)33-17)10-32-26(25(27)31)20-9-19(38)8-16-4-3-5-22(30)24(16)20/h3-5,8-10,15,17-18,23,33,38H,6-7,11-14H2,1-2H3/t15-,17?,18?,23-/m1/s1. The van der Waals surface area contributed by atoms with Gasteiger partial charge in [0, 0.05) is 54.9 Å². The van der Waals surface area contributed by atoms with Crippen LogP contribution in [-0.4, -0.2) is 76.4 Å². The van der Waals surface area contributed by atoms with Crippen molar-refractivity contribution in [1.82, 2.24) is 25.2 Å². The fraction of sp³-hybridized carbons (Fsp3) is 0.414. The maximum Gasteiger partial charge on any atom is 0.319 e. The molecule has 10 heteroatoms. The largest absolute Gasteiger partial charge is 0.508 e. The Labute approximate surface area is 224 Å². The predicted octanol–water partition coefficient (Wildman–Crippen LogP) is 4.10. The van der Waals surface area contributed by atoms with Crippen LogP contribution in [0.2, 0.25) is 0 Å². The summed E-state index contributed by atoms with van der Waals surface area (Å²) in [5.74, 6) is -0.255. The van der Waals surface area contributed by atoms with Crippen LogP contribution in [0.15, 0.2) is 36.5 Å². The van der Waals surface area contributed by atoms with E-state index in [1.807, 2.05) is 7.05 Å². The van der Waals surface area contributed by atoms with Crippen LogP contribution in [0.3, 0.4) is 0 Å². The zero-order valence-corrected chi connectivity index (χ0v) is 21.9. The first kappa shape index (κ1) is 24.4. The third-order valence-corrected chi connectivity index (χ3v) is 8.51. The molecular formula is C29H30F2N6O2. The number of nitrogens with one attached hydrogen (secondary N) is 1. The van der Waals surface area contributed by atoms with Crippen LogP contribution >= 0.6 is 0 Å². The highest BCUT2D eigenvalue weighted by molar-refractivity contribution is 6.00. The first-order valence-corrected chi connectivity index (χ1v) is 13.5. The Bertz CT molecular complexity index is 1580. The van der Waals surface area contributed by atoms with Gasteiger partial charge >= 0.3 is 6.01 Å². The van der Waals surface area contributed by atoms with Crippen molar-refractivity contribution in [3.63, 3.8) is 0 Å². The van der Waals surface area contributed by atoms with Crippen LogP contribution < -0.4 is 15.0 Å². The van der Waals surface area contributed by atoms with Crippen molar-refractivity contribution < 1.29 is 18.6 Å². The van der Waals surface area contributed by atoms with Crippen LogP contribution in [0.25, 0.3) is 32.9 Å². The van der Waals surface area contributed by atoms with E-state index in [-0.39, 0.29) is 40.0 Å². The van der Waals surface area contributed by atoms with Gasteiger partial charge < -0.3 is 20.1 Å². The van der Waals surface area contributed by atoms with Crippen LogP contribution in [0.5, 0.6) is 11.8 Å². The van der Waals surface area contributed by atoms with E-state index in [0.29, 0.717) is 41.2 Å². The molecule has 0 spiro atoms. The number of pyridine rings is 1. The first-order chi connectivity index (χ1) is 18.9. The molecule has 3 fully saturated rings. The summed E-state index contributed by atoms with van der Waals surface area (Å²) in [5, 5.41) is 15.1. The molecule has 2 aromatic carbocycles. The summed E-state index contributed by atoms with van der Waals surface area (Å²) >= 11 is 0. The Morgan fingerprint density at radius 3 is 2.64 bits per heavy atom. The summed E-state index contributed by atoms with van der Waals surface area (Å²) in [6.07, 6.45) is 3.73. The smallest absolute Gasteiger partial charge is 0.319 e. The second kappa shape index (κ2) is 9.24. The van der Waals surface area contributed by atoms with Gasteiger partial charge in [-0.1, -0.05) is 19.1 Å². The molecule has 0 aliphatic carbocycles. The van der Waals surface area contributed by atoms with Gasteiger partial charge in [-0.05, 0) is 49.4 Å². The van der Waals surface area contributed by atoms with Crippen molar-refractivity contribution in [2.24, 2.45) is 5.92 Å². The quantitative estimate of drug-likeness (QED) is 0.398. The number of anilines is 1. The summed E-state index contributed by atoms with van der Waals surface area (Å²) < 4.78 is 37.4. The Balaban J connectivity index is 1.37. The monoisotopic (exact) mass is 532 g/mol. The number of hydrogen-bond donors (Lipinski definition) is 2. The van der Waals surface area contributed by atoms with E-state index in [0.717, 1.165) is 32.5 Å². The minimum atomic E-state index is -0.705. The number of nitrogens with zero attached hydrogens (tertiary/aromatic N) is 5. The van der Waals surface area contributed by atoms with Crippen molar-refractivity contribution in [2.75, 3.05) is 38.2 Å². The van der Waals surface area contributed by atoms with Crippen molar-refractivity contribution >= 4 is 27.5 Å². The Kier molecular flexibility index (Phi) is 5.78. The number of ether oxygens (including phenoxy) is 1. The number of aromatic hydroxyl groups is 1. The lowest BCUT2D eigenvalue weighted by atomic mass is 9.92. The molecule has 8 nitrogen and oxygen atoms in total. The van der Waals surface area contributed by atoms with E-state index in [2.05, 4.69) is 32.0 Å². The summed E-state index contributed by atoms with van der Waals surface area (Å²) in [5.41, 5.74) is 0.140. The molecule has 5 heterocycles. The molecule has 7 rings (SSSR count).